The lowest BCUT2D eigenvalue weighted by molar-refractivity contribution is -0.902. The standard InChI is InChI=1S/C19H18FN3O4S/c20-14-5-7-15(8-6-14)28(26,27)22-11-9-21(10-12-22)13-23-17-4-2-1-3-16(17)18(24)19(23)25/h1-8H,9-13H2/p+1. The van der Waals surface area contributed by atoms with E-state index >= 15 is 0 Å². The van der Waals surface area contributed by atoms with Crippen LogP contribution in [0.3, 0.4) is 0 Å². The van der Waals surface area contributed by atoms with Crippen molar-refractivity contribution < 1.29 is 27.3 Å². The van der Waals surface area contributed by atoms with Crippen molar-refractivity contribution in [3.8, 4) is 0 Å². The van der Waals surface area contributed by atoms with Gasteiger partial charge in [-0.05, 0) is 36.4 Å². The number of fused-ring (bicyclic) bond motifs is 1. The van der Waals surface area contributed by atoms with Gasteiger partial charge in [-0.3, -0.25) is 14.5 Å². The molecule has 2 aliphatic heterocycles. The third-order valence-corrected chi connectivity index (χ3v) is 7.05. The molecular formula is C19H19FN3O4S+. The maximum absolute atomic E-state index is 13.1. The van der Waals surface area contributed by atoms with E-state index < -0.39 is 27.5 Å². The lowest BCUT2D eigenvalue weighted by Crippen LogP contribution is -3.16. The quantitative estimate of drug-likeness (QED) is 0.722. The van der Waals surface area contributed by atoms with Gasteiger partial charge in [0.05, 0.1) is 42.3 Å². The molecule has 146 valence electrons. The molecule has 2 aliphatic rings. The minimum absolute atomic E-state index is 0.0617. The van der Waals surface area contributed by atoms with Crippen LogP contribution in [0.1, 0.15) is 10.4 Å². The van der Waals surface area contributed by atoms with Crippen LogP contribution in [0.2, 0.25) is 0 Å². The Morgan fingerprint density at radius 2 is 1.61 bits per heavy atom. The number of quaternary nitrogens is 1. The normalized spacial score (nSPS) is 18.5. The Morgan fingerprint density at radius 1 is 0.964 bits per heavy atom. The summed E-state index contributed by atoms with van der Waals surface area (Å²) in [7, 11) is -3.68. The van der Waals surface area contributed by atoms with E-state index in [0.717, 1.165) is 17.0 Å². The van der Waals surface area contributed by atoms with E-state index in [1.54, 1.807) is 24.3 Å². The largest absolute Gasteiger partial charge is 0.315 e. The minimum Gasteiger partial charge on any atom is -0.315 e. The van der Waals surface area contributed by atoms with Crippen LogP contribution in [0, 0.1) is 5.82 Å². The van der Waals surface area contributed by atoms with Crippen molar-refractivity contribution in [1.82, 2.24) is 4.31 Å². The number of Topliss-reactive ketones (excluding diaryl/α,β-unsaturated/α-hetero) is 1. The van der Waals surface area contributed by atoms with Gasteiger partial charge in [-0.2, -0.15) is 4.31 Å². The average Bonchev–Trinajstić information content (AvgIpc) is 2.94. The Hall–Kier alpha value is -2.62. The number of carbonyl (C=O) groups excluding carboxylic acids is 2. The fourth-order valence-corrected chi connectivity index (χ4v) is 5.03. The summed E-state index contributed by atoms with van der Waals surface area (Å²) in [6.07, 6.45) is 0. The number of benzene rings is 2. The molecule has 2 aromatic rings. The Labute approximate surface area is 162 Å². The molecule has 1 fully saturated rings. The predicted molar refractivity (Wildman–Crippen MR) is 99.0 cm³/mol. The lowest BCUT2D eigenvalue weighted by Gasteiger charge is -2.33. The Kier molecular flexibility index (Phi) is 4.74. The van der Waals surface area contributed by atoms with Gasteiger partial charge in [0.25, 0.3) is 5.78 Å². The van der Waals surface area contributed by atoms with Gasteiger partial charge in [-0.25, -0.2) is 12.8 Å². The van der Waals surface area contributed by atoms with Gasteiger partial charge in [0, 0.05) is 0 Å². The number of halogens is 1. The highest BCUT2D eigenvalue weighted by atomic mass is 32.2. The van der Waals surface area contributed by atoms with Gasteiger partial charge in [0.1, 0.15) is 5.82 Å². The van der Waals surface area contributed by atoms with Crippen molar-refractivity contribution in [2.24, 2.45) is 0 Å². The van der Waals surface area contributed by atoms with E-state index in [9.17, 15) is 22.4 Å². The maximum atomic E-state index is 13.1. The summed E-state index contributed by atoms with van der Waals surface area (Å²) in [6.45, 7) is 1.88. The average molecular weight is 404 g/mol. The molecule has 0 spiro atoms. The molecule has 28 heavy (non-hydrogen) atoms. The van der Waals surface area contributed by atoms with Gasteiger partial charge in [-0.1, -0.05) is 12.1 Å². The molecule has 7 nitrogen and oxygen atoms in total. The molecular weight excluding hydrogens is 385 g/mol. The third kappa shape index (κ3) is 3.21. The van der Waals surface area contributed by atoms with Crippen molar-refractivity contribution in [3.63, 3.8) is 0 Å². The summed E-state index contributed by atoms with van der Waals surface area (Å²) in [4.78, 5) is 26.9. The SMILES string of the molecule is O=C1C(=O)N(C[NH+]2CCN(S(=O)(=O)c3ccc(F)cc3)CC2)c2ccccc21. The van der Waals surface area contributed by atoms with Crippen molar-refractivity contribution >= 4 is 27.4 Å². The molecule has 1 amide bonds. The zero-order valence-electron chi connectivity index (χ0n) is 15.0. The molecule has 1 saturated heterocycles. The van der Waals surface area contributed by atoms with Crippen LogP contribution >= 0.6 is 0 Å². The molecule has 0 saturated carbocycles. The zero-order chi connectivity index (χ0) is 19.9. The first kappa shape index (κ1) is 18.7. The van der Waals surface area contributed by atoms with E-state index in [0.29, 0.717) is 31.0 Å². The molecule has 0 aromatic heterocycles. The second-order valence-corrected chi connectivity index (χ2v) is 8.78. The van der Waals surface area contributed by atoms with Gasteiger partial charge >= 0.3 is 5.91 Å². The van der Waals surface area contributed by atoms with Crippen LogP contribution in [-0.4, -0.2) is 57.3 Å². The van der Waals surface area contributed by atoms with E-state index in [-0.39, 0.29) is 18.0 Å². The number of nitrogens with one attached hydrogen (secondary N) is 1. The number of anilines is 1. The van der Waals surface area contributed by atoms with Crippen LogP contribution < -0.4 is 9.80 Å². The van der Waals surface area contributed by atoms with Gasteiger partial charge in [0.2, 0.25) is 10.0 Å². The fourth-order valence-electron chi connectivity index (χ4n) is 3.59. The van der Waals surface area contributed by atoms with Gasteiger partial charge < -0.3 is 4.90 Å². The highest BCUT2D eigenvalue weighted by Gasteiger charge is 2.39. The fraction of sp³-hybridized carbons (Fsp3) is 0.263. The first-order valence-electron chi connectivity index (χ1n) is 8.92. The Morgan fingerprint density at radius 3 is 2.29 bits per heavy atom. The number of hydrogen-bond acceptors (Lipinski definition) is 4. The first-order valence-corrected chi connectivity index (χ1v) is 10.4. The van der Waals surface area contributed by atoms with Crippen LogP contribution in [0.15, 0.2) is 53.4 Å². The first-order chi connectivity index (χ1) is 13.4. The van der Waals surface area contributed by atoms with Crippen LogP contribution in [0.5, 0.6) is 0 Å². The van der Waals surface area contributed by atoms with Crippen molar-refractivity contribution in [1.29, 1.82) is 0 Å². The molecule has 4 rings (SSSR count). The van der Waals surface area contributed by atoms with E-state index in [4.69, 9.17) is 0 Å². The highest BCUT2D eigenvalue weighted by Crippen LogP contribution is 2.27. The number of hydrogen-bond donors (Lipinski definition) is 1. The number of para-hydroxylation sites is 1. The highest BCUT2D eigenvalue weighted by molar-refractivity contribution is 7.89. The number of rotatable bonds is 4. The molecule has 0 bridgehead atoms. The molecule has 0 radical (unpaired) electrons. The number of carbonyl (C=O) groups is 2. The van der Waals surface area contributed by atoms with Crippen LogP contribution in [-0.2, 0) is 14.8 Å². The summed E-state index contributed by atoms with van der Waals surface area (Å²) in [5, 5.41) is 0. The molecule has 0 unspecified atom stereocenters. The van der Waals surface area contributed by atoms with E-state index in [1.807, 2.05) is 0 Å². The third-order valence-electron chi connectivity index (χ3n) is 5.14. The van der Waals surface area contributed by atoms with Crippen molar-refractivity contribution in [3.05, 3.63) is 59.9 Å². The number of sulfonamides is 1. The van der Waals surface area contributed by atoms with Gasteiger partial charge in [0.15, 0.2) is 6.67 Å². The summed E-state index contributed by atoms with van der Waals surface area (Å²) in [5.74, 6) is -1.54. The smallest absolute Gasteiger partial charge is 0.303 e. The molecule has 1 N–H and O–H groups in total. The van der Waals surface area contributed by atoms with Crippen LogP contribution in [0.25, 0.3) is 0 Å². The lowest BCUT2D eigenvalue weighted by atomic mass is 10.1. The second kappa shape index (κ2) is 7.08. The zero-order valence-corrected chi connectivity index (χ0v) is 15.8. The molecule has 2 heterocycles. The predicted octanol–water partition coefficient (Wildman–Crippen LogP) is -0.0981. The van der Waals surface area contributed by atoms with E-state index in [1.165, 1.54) is 21.3 Å². The Bertz CT molecular complexity index is 1030. The number of amides is 1. The monoisotopic (exact) mass is 404 g/mol. The second-order valence-electron chi connectivity index (χ2n) is 6.85. The van der Waals surface area contributed by atoms with E-state index in [2.05, 4.69) is 0 Å². The maximum Gasteiger partial charge on any atom is 0.303 e. The summed E-state index contributed by atoms with van der Waals surface area (Å²) in [6, 6.07) is 11.7. The summed E-state index contributed by atoms with van der Waals surface area (Å²) < 4.78 is 39.8. The number of ketones is 1. The van der Waals surface area contributed by atoms with Crippen molar-refractivity contribution in [2.75, 3.05) is 37.7 Å². The molecule has 0 atom stereocenters. The van der Waals surface area contributed by atoms with Crippen molar-refractivity contribution in [2.45, 2.75) is 4.90 Å². The summed E-state index contributed by atoms with van der Waals surface area (Å²) >= 11 is 0. The minimum atomic E-state index is -3.68. The van der Waals surface area contributed by atoms with Crippen LogP contribution in [0.4, 0.5) is 10.1 Å². The number of piperazine rings is 1. The molecule has 9 heteroatoms. The molecule has 0 aliphatic carbocycles. The number of nitrogens with zero attached hydrogens (tertiary/aromatic N) is 2. The van der Waals surface area contributed by atoms with Gasteiger partial charge in [-0.15, -0.1) is 0 Å². The topological polar surface area (TPSA) is 79.2 Å². The molecule has 2 aromatic carbocycles. The summed E-state index contributed by atoms with van der Waals surface area (Å²) in [5.41, 5.74) is 1.01. The Balaban J connectivity index is 1.43.